The predicted molar refractivity (Wildman–Crippen MR) is 214 cm³/mol. The fourth-order valence-corrected chi connectivity index (χ4v) is 9.78. The summed E-state index contributed by atoms with van der Waals surface area (Å²) in [6, 6.07) is 50.4. The van der Waals surface area contributed by atoms with Crippen molar-refractivity contribution in [3.8, 4) is 22.3 Å². The molecule has 10 rings (SSSR count). The number of hydrogen-bond donors (Lipinski definition) is 0. The third kappa shape index (κ3) is 4.11. The first kappa shape index (κ1) is 30.2. The van der Waals surface area contributed by atoms with Crippen molar-refractivity contribution in [2.24, 2.45) is 0 Å². The topological polar surface area (TPSA) is 6.48 Å². The molecule has 6 aromatic carbocycles. The summed E-state index contributed by atoms with van der Waals surface area (Å²) in [4.78, 5) is 5.03. The van der Waals surface area contributed by atoms with E-state index in [1.165, 1.54) is 78.5 Å². The highest BCUT2D eigenvalue weighted by Crippen LogP contribution is 2.56. The van der Waals surface area contributed by atoms with Crippen molar-refractivity contribution in [2.45, 2.75) is 56.9 Å². The molecule has 248 valence electrons. The van der Waals surface area contributed by atoms with E-state index in [-0.39, 0.29) is 22.3 Å². The Morgan fingerprint density at radius 2 is 0.961 bits per heavy atom. The maximum atomic E-state index is 2.52. The highest BCUT2D eigenvalue weighted by Gasteiger charge is 2.47. The second-order valence-electron chi connectivity index (χ2n) is 16.0. The largest absolute Gasteiger partial charge is 0.333 e. The molecule has 0 amide bonds. The van der Waals surface area contributed by atoms with Gasteiger partial charge in [-0.05, 0) is 112 Å². The molecule has 0 aromatic heterocycles. The molecule has 2 heteroatoms. The normalized spacial score (nSPS) is 20.6. The molecule has 0 saturated heterocycles. The Hall–Kier alpha value is -5.60. The van der Waals surface area contributed by atoms with Gasteiger partial charge in [-0.3, -0.25) is 0 Å². The van der Waals surface area contributed by atoms with Gasteiger partial charge in [-0.1, -0.05) is 131 Å². The van der Waals surface area contributed by atoms with E-state index in [1.54, 1.807) is 0 Å². The summed E-state index contributed by atoms with van der Waals surface area (Å²) in [5.41, 5.74) is 17.9. The van der Waals surface area contributed by atoms with Gasteiger partial charge in [0.1, 0.15) is 0 Å². The first-order valence-electron chi connectivity index (χ1n) is 18.3. The van der Waals surface area contributed by atoms with Crippen molar-refractivity contribution in [1.82, 2.24) is 0 Å². The average molecular weight is 659 g/mol. The van der Waals surface area contributed by atoms with Crippen LogP contribution < -0.4 is 9.80 Å². The molecule has 0 bridgehead atoms. The Balaban J connectivity index is 1.18. The zero-order chi connectivity index (χ0) is 34.7. The molecule has 0 spiro atoms. The number of rotatable bonds is 4. The Morgan fingerprint density at radius 1 is 0.471 bits per heavy atom. The van der Waals surface area contributed by atoms with Crippen molar-refractivity contribution >= 4 is 28.4 Å². The van der Waals surface area contributed by atoms with E-state index in [0.717, 1.165) is 0 Å². The van der Waals surface area contributed by atoms with Crippen molar-refractivity contribution < 1.29 is 0 Å². The van der Waals surface area contributed by atoms with Crippen molar-refractivity contribution in [3.63, 3.8) is 0 Å². The molecule has 1 heterocycles. The highest BCUT2D eigenvalue weighted by atomic mass is 15.2. The van der Waals surface area contributed by atoms with Gasteiger partial charge in [-0.2, -0.15) is 0 Å². The van der Waals surface area contributed by atoms with E-state index in [4.69, 9.17) is 0 Å². The van der Waals surface area contributed by atoms with Crippen LogP contribution in [0.15, 0.2) is 158 Å². The molecule has 0 saturated carbocycles. The zero-order valence-corrected chi connectivity index (χ0v) is 30.0. The number of anilines is 5. The molecule has 2 atom stereocenters. The molecule has 4 aliphatic rings. The minimum Gasteiger partial charge on any atom is -0.333 e. The standard InChI is InChI=1S/C49H42N2/c1-47(2)40-19-11-9-17-36(40)38-25-22-33(29-42(38)47)50(34-23-26-39-37-18-10-12-20-41(37)48(3,4)43(39)30-34)35-24-27-45-44(31-35)49(5)28-14-13-21-46(49)51(45)32-15-7-6-8-16-32/h6-31,46H,1-5H3. The predicted octanol–water partition coefficient (Wildman–Crippen LogP) is 12.7. The van der Waals surface area contributed by atoms with Gasteiger partial charge in [0, 0.05) is 44.7 Å². The number of nitrogens with zero attached hydrogens (tertiary/aromatic N) is 2. The lowest BCUT2D eigenvalue weighted by atomic mass is 9.76. The van der Waals surface area contributed by atoms with Crippen LogP contribution >= 0.6 is 0 Å². The minimum absolute atomic E-state index is 0.0940. The first-order chi connectivity index (χ1) is 24.7. The first-order valence-corrected chi connectivity index (χ1v) is 18.3. The van der Waals surface area contributed by atoms with E-state index < -0.39 is 0 Å². The molecule has 2 nitrogen and oxygen atoms in total. The molecule has 0 N–H and O–H groups in total. The van der Waals surface area contributed by atoms with Crippen LogP contribution in [0.5, 0.6) is 0 Å². The Labute approximate surface area is 302 Å². The fraction of sp³-hybridized carbons (Fsp3) is 0.184. The van der Waals surface area contributed by atoms with Crippen LogP contribution in [0.25, 0.3) is 22.3 Å². The zero-order valence-electron chi connectivity index (χ0n) is 30.0. The fourth-order valence-electron chi connectivity index (χ4n) is 9.78. The molecule has 0 fully saturated rings. The van der Waals surface area contributed by atoms with Crippen LogP contribution in [-0.4, -0.2) is 6.04 Å². The van der Waals surface area contributed by atoms with Gasteiger partial charge in [0.05, 0.1) is 6.04 Å². The van der Waals surface area contributed by atoms with E-state index in [1.807, 2.05) is 0 Å². The summed E-state index contributed by atoms with van der Waals surface area (Å²) >= 11 is 0. The third-order valence-corrected chi connectivity index (χ3v) is 12.5. The molecule has 51 heavy (non-hydrogen) atoms. The summed E-state index contributed by atoms with van der Waals surface area (Å²) in [6.45, 7) is 11.9. The highest BCUT2D eigenvalue weighted by molar-refractivity contribution is 5.89. The summed E-state index contributed by atoms with van der Waals surface area (Å²) in [5, 5.41) is 0. The molecular formula is C49H42N2. The van der Waals surface area contributed by atoms with Gasteiger partial charge in [0.15, 0.2) is 0 Å². The van der Waals surface area contributed by atoms with Gasteiger partial charge in [0.25, 0.3) is 0 Å². The number of allylic oxidation sites excluding steroid dienone is 2. The SMILES string of the molecule is CC1(C)c2ccccc2-c2ccc(N(c3ccc4c(c3)C(C)(C)c3ccccc3-4)c3ccc4c(c3)C3(C)C=CC=CC3N4c3ccccc3)cc21. The monoisotopic (exact) mass is 658 g/mol. The van der Waals surface area contributed by atoms with Crippen LogP contribution in [-0.2, 0) is 16.2 Å². The van der Waals surface area contributed by atoms with Gasteiger partial charge in [-0.25, -0.2) is 0 Å². The van der Waals surface area contributed by atoms with Gasteiger partial charge in [-0.15, -0.1) is 0 Å². The second-order valence-corrected chi connectivity index (χ2v) is 16.0. The molecule has 1 aliphatic heterocycles. The van der Waals surface area contributed by atoms with Crippen molar-refractivity contribution in [2.75, 3.05) is 9.80 Å². The quantitative estimate of drug-likeness (QED) is 0.186. The smallest absolute Gasteiger partial charge is 0.0655 e. The van der Waals surface area contributed by atoms with Gasteiger partial charge in [0.2, 0.25) is 0 Å². The Bertz CT molecular complexity index is 2360. The summed E-state index contributed by atoms with van der Waals surface area (Å²) < 4.78 is 0. The minimum atomic E-state index is -0.176. The maximum absolute atomic E-state index is 2.52. The lowest BCUT2D eigenvalue weighted by molar-refractivity contribution is 0.551. The van der Waals surface area contributed by atoms with Crippen molar-refractivity contribution in [1.29, 1.82) is 0 Å². The molecule has 6 aromatic rings. The third-order valence-electron chi connectivity index (χ3n) is 12.5. The molecule has 0 radical (unpaired) electrons. The molecule has 2 unspecified atom stereocenters. The van der Waals surface area contributed by atoms with Crippen LogP contribution in [0.1, 0.15) is 62.4 Å². The van der Waals surface area contributed by atoms with Crippen molar-refractivity contribution in [3.05, 3.63) is 186 Å². The summed E-state index contributed by atoms with van der Waals surface area (Å²) in [5.74, 6) is 0. The lowest BCUT2D eigenvalue weighted by Crippen LogP contribution is -2.39. The van der Waals surface area contributed by atoms with E-state index >= 15 is 0 Å². The van der Waals surface area contributed by atoms with E-state index in [9.17, 15) is 0 Å². The molecular weight excluding hydrogens is 617 g/mol. The molecule has 3 aliphatic carbocycles. The second kappa shape index (κ2) is 10.5. The number of para-hydroxylation sites is 1. The van der Waals surface area contributed by atoms with Gasteiger partial charge < -0.3 is 9.80 Å². The van der Waals surface area contributed by atoms with Crippen LogP contribution in [0.3, 0.4) is 0 Å². The van der Waals surface area contributed by atoms with Gasteiger partial charge >= 0.3 is 0 Å². The number of hydrogen-bond acceptors (Lipinski definition) is 2. The number of fused-ring (bicyclic) bond motifs is 9. The van der Waals surface area contributed by atoms with Crippen LogP contribution in [0, 0.1) is 0 Å². The van der Waals surface area contributed by atoms with Crippen LogP contribution in [0.2, 0.25) is 0 Å². The Kier molecular flexibility index (Phi) is 6.20. The van der Waals surface area contributed by atoms with E-state index in [0.29, 0.717) is 0 Å². The summed E-state index contributed by atoms with van der Waals surface area (Å²) in [7, 11) is 0. The lowest BCUT2D eigenvalue weighted by Gasteiger charge is -2.34. The number of benzene rings is 6. The maximum Gasteiger partial charge on any atom is 0.0655 e. The Morgan fingerprint density at radius 3 is 1.55 bits per heavy atom. The van der Waals surface area contributed by atoms with E-state index in [2.05, 4.69) is 202 Å². The van der Waals surface area contributed by atoms with Crippen LogP contribution in [0.4, 0.5) is 28.4 Å². The summed E-state index contributed by atoms with van der Waals surface area (Å²) in [6.07, 6.45) is 9.19. The average Bonchev–Trinajstić information content (AvgIpc) is 3.65.